The van der Waals surface area contributed by atoms with Gasteiger partial charge in [0.2, 0.25) is 0 Å². The van der Waals surface area contributed by atoms with Gasteiger partial charge < -0.3 is 15.2 Å². The smallest absolute Gasteiger partial charge is 0.302 e. The third-order valence-electron chi connectivity index (χ3n) is 2.26. The van der Waals surface area contributed by atoms with Crippen molar-refractivity contribution in [3.63, 3.8) is 0 Å². The predicted octanol–water partition coefficient (Wildman–Crippen LogP) is 0.177. The predicted molar refractivity (Wildman–Crippen MR) is 65.3 cm³/mol. The number of methoxy groups -OCH3 is 1. The lowest BCUT2D eigenvalue weighted by molar-refractivity contribution is -0.141. The Labute approximate surface area is 105 Å². The van der Waals surface area contributed by atoms with E-state index in [4.69, 9.17) is 15.2 Å². The molecule has 7 heteroatoms. The fraction of sp³-hybridized carbons (Fsp3) is 0.545. The molecule has 1 heterocycles. The van der Waals surface area contributed by atoms with Gasteiger partial charge in [-0.1, -0.05) is 0 Å². The van der Waals surface area contributed by atoms with Gasteiger partial charge in [-0.15, -0.1) is 0 Å². The monoisotopic (exact) mass is 255 g/mol. The fourth-order valence-corrected chi connectivity index (χ4v) is 1.45. The maximum Gasteiger partial charge on any atom is 0.302 e. The Hall–Kier alpha value is -2.05. The number of carbonyl (C=O) groups is 1. The minimum atomic E-state index is -0.307. The van der Waals surface area contributed by atoms with E-state index in [1.54, 1.807) is 0 Å². The van der Waals surface area contributed by atoms with Crippen LogP contribution in [-0.4, -0.2) is 29.2 Å². The molecule has 100 valence electrons. The van der Waals surface area contributed by atoms with Gasteiger partial charge in [0.1, 0.15) is 5.82 Å². The molecule has 0 radical (unpaired) electrons. The summed E-state index contributed by atoms with van der Waals surface area (Å²) in [5.41, 5.74) is 5.19. The van der Waals surface area contributed by atoms with Crippen molar-refractivity contribution in [3.05, 3.63) is 16.4 Å². The number of unbranched alkanes of at least 4 members (excludes halogenated alkanes) is 1. The van der Waals surface area contributed by atoms with Gasteiger partial charge >= 0.3 is 12.0 Å². The molecule has 0 fully saturated rings. The highest BCUT2D eigenvalue weighted by Crippen LogP contribution is 2.07. The molecule has 0 aliphatic rings. The van der Waals surface area contributed by atoms with E-state index in [1.807, 2.05) is 0 Å². The molecule has 0 bridgehead atoms. The molecule has 1 aromatic rings. The first kappa shape index (κ1) is 14.0. The van der Waals surface area contributed by atoms with Gasteiger partial charge in [-0.3, -0.25) is 14.2 Å². The minimum Gasteiger partial charge on any atom is -0.468 e. The zero-order chi connectivity index (χ0) is 13.5. The van der Waals surface area contributed by atoms with E-state index < -0.39 is 0 Å². The summed E-state index contributed by atoms with van der Waals surface area (Å²) in [5, 5.41) is 0. The number of nitrogen functional groups attached to an aromatic ring is 1. The van der Waals surface area contributed by atoms with Gasteiger partial charge in [-0.25, -0.2) is 0 Å². The molecule has 2 N–H and O–H groups in total. The highest BCUT2D eigenvalue weighted by Gasteiger charge is 2.07. The third-order valence-corrected chi connectivity index (χ3v) is 2.26. The van der Waals surface area contributed by atoms with Gasteiger partial charge in [0.25, 0.3) is 5.56 Å². The quantitative estimate of drug-likeness (QED) is 0.575. The van der Waals surface area contributed by atoms with Crippen LogP contribution in [-0.2, 0) is 16.1 Å². The molecular formula is C11H17N3O4. The van der Waals surface area contributed by atoms with E-state index in [2.05, 4.69) is 4.98 Å². The van der Waals surface area contributed by atoms with Crippen LogP contribution in [0.3, 0.4) is 0 Å². The van der Waals surface area contributed by atoms with Crippen LogP contribution >= 0.6 is 0 Å². The molecule has 0 amide bonds. The van der Waals surface area contributed by atoms with Crippen LogP contribution in [0.1, 0.15) is 19.8 Å². The van der Waals surface area contributed by atoms with E-state index in [-0.39, 0.29) is 23.4 Å². The number of carbonyl (C=O) groups excluding carboxylic acids is 1. The number of hydrogen-bond donors (Lipinski definition) is 1. The molecule has 0 spiro atoms. The van der Waals surface area contributed by atoms with Crippen LogP contribution in [0.4, 0.5) is 5.82 Å². The summed E-state index contributed by atoms with van der Waals surface area (Å²) in [5.74, 6) is -0.174. The Morgan fingerprint density at radius 2 is 2.22 bits per heavy atom. The summed E-state index contributed by atoms with van der Waals surface area (Å²) >= 11 is 0. The van der Waals surface area contributed by atoms with Crippen LogP contribution in [0.15, 0.2) is 10.9 Å². The highest BCUT2D eigenvalue weighted by molar-refractivity contribution is 5.65. The summed E-state index contributed by atoms with van der Waals surface area (Å²) in [6.07, 6.45) is 1.34. The number of aromatic nitrogens is 2. The number of nitrogens with zero attached hydrogens (tertiary/aromatic N) is 2. The van der Waals surface area contributed by atoms with Crippen LogP contribution in [0, 0.1) is 0 Å². The Morgan fingerprint density at radius 1 is 1.50 bits per heavy atom. The van der Waals surface area contributed by atoms with Crippen molar-refractivity contribution in [2.24, 2.45) is 0 Å². The van der Waals surface area contributed by atoms with Crippen molar-refractivity contribution < 1.29 is 14.3 Å². The molecule has 18 heavy (non-hydrogen) atoms. The highest BCUT2D eigenvalue weighted by atomic mass is 16.5. The van der Waals surface area contributed by atoms with Gasteiger partial charge in [0.15, 0.2) is 0 Å². The summed E-state index contributed by atoms with van der Waals surface area (Å²) in [6.45, 7) is 2.14. The number of hydrogen-bond acceptors (Lipinski definition) is 6. The second-order valence-electron chi connectivity index (χ2n) is 3.70. The largest absolute Gasteiger partial charge is 0.468 e. The standard InChI is InChI=1S/C11H17N3O4/c1-8(15)18-6-4-3-5-14-10(16)7-9(12)13-11(14)17-2/h7H,3-6,12H2,1-2H3. The second-order valence-corrected chi connectivity index (χ2v) is 3.70. The average Bonchev–Trinajstić information content (AvgIpc) is 2.30. The molecule has 0 aromatic carbocycles. The molecule has 0 aliphatic carbocycles. The lowest BCUT2D eigenvalue weighted by Gasteiger charge is -2.10. The normalized spacial score (nSPS) is 10.1. The zero-order valence-electron chi connectivity index (χ0n) is 10.5. The van der Waals surface area contributed by atoms with E-state index in [1.165, 1.54) is 24.7 Å². The first-order chi connectivity index (χ1) is 8.54. The number of esters is 1. The van der Waals surface area contributed by atoms with E-state index in [0.717, 1.165) is 0 Å². The lowest BCUT2D eigenvalue weighted by Crippen LogP contribution is -2.23. The van der Waals surface area contributed by atoms with Crippen molar-refractivity contribution >= 4 is 11.8 Å². The number of rotatable bonds is 6. The molecule has 7 nitrogen and oxygen atoms in total. The van der Waals surface area contributed by atoms with Crippen molar-refractivity contribution in [3.8, 4) is 6.01 Å². The van der Waals surface area contributed by atoms with Crippen LogP contribution in [0.2, 0.25) is 0 Å². The Balaban J connectivity index is 2.56. The van der Waals surface area contributed by atoms with Gasteiger partial charge in [-0.2, -0.15) is 4.98 Å². The first-order valence-corrected chi connectivity index (χ1v) is 5.59. The lowest BCUT2D eigenvalue weighted by atomic mass is 10.3. The van der Waals surface area contributed by atoms with Crippen LogP contribution in [0.25, 0.3) is 0 Å². The van der Waals surface area contributed by atoms with Gasteiger partial charge in [-0.05, 0) is 12.8 Å². The van der Waals surface area contributed by atoms with Crippen molar-refractivity contribution in [2.45, 2.75) is 26.3 Å². The van der Waals surface area contributed by atoms with E-state index >= 15 is 0 Å². The first-order valence-electron chi connectivity index (χ1n) is 5.59. The summed E-state index contributed by atoms with van der Waals surface area (Å²) in [4.78, 5) is 26.1. The van der Waals surface area contributed by atoms with Gasteiger partial charge in [0, 0.05) is 19.5 Å². The maximum atomic E-state index is 11.7. The Morgan fingerprint density at radius 3 is 2.83 bits per heavy atom. The molecule has 0 atom stereocenters. The Kier molecular flexibility index (Phi) is 5.16. The van der Waals surface area contributed by atoms with E-state index in [9.17, 15) is 9.59 Å². The van der Waals surface area contributed by atoms with Crippen molar-refractivity contribution in [2.75, 3.05) is 19.5 Å². The fourth-order valence-electron chi connectivity index (χ4n) is 1.45. The molecule has 1 aromatic heterocycles. The van der Waals surface area contributed by atoms with Crippen LogP contribution in [0.5, 0.6) is 6.01 Å². The molecule has 1 rings (SSSR count). The molecule has 0 unspecified atom stereocenters. The Bertz CT molecular complexity index is 470. The molecule has 0 aliphatic heterocycles. The maximum absolute atomic E-state index is 11.7. The number of ether oxygens (including phenoxy) is 2. The minimum absolute atomic E-state index is 0.132. The topological polar surface area (TPSA) is 96.4 Å². The summed E-state index contributed by atoms with van der Waals surface area (Å²) in [7, 11) is 1.43. The molecular weight excluding hydrogens is 238 g/mol. The summed E-state index contributed by atoms with van der Waals surface area (Å²) < 4.78 is 11.2. The second kappa shape index (κ2) is 6.63. The van der Waals surface area contributed by atoms with Crippen molar-refractivity contribution in [1.29, 1.82) is 0 Å². The molecule has 0 saturated heterocycles. The summed E-state index contributed by atoms with van der Waals surface area (Å²) in [6, 6.07) is 1.43. The van der Waals surface area contributed by atoms with Gasteiger partial charge in [0.05, 0.1) is 13.7 Å². The SMILES string of the molecule is COc1nc(N)cc(=O)n1CCCCOC(C)=O. The van der Waals surface area contributed by atoms with E-state index in [0.29, 0.717) is 26.0 Å². The number of anilines is 1. The van der Waals surface area contributed by atoms with Crippen LogP contribution < -0.4 is 16.0 Å². The zero-order valence-corrected chi connectivity index (χ0v) is 10.5. The molecule has 0 saturated carbocycles. The number of nitrogens with two attached hydrogens (primary N) is 1. The average molecular weight is 255 g/mol. The third kappa shape index (κ3) is 4.08. The van der Waals surface area contributed by atoms with Crippen molar-refractivity contribution in [1.82, 2.24) is 9.55 Å².